The normalized spacial score (nSPS) is 13.1. The van der Waals surface area contributed by atoms with E-state index >= 15 is 0 Å². The number of hydrogen-bond acceptors (Lipinski definition) is 5. The first-order valence-electron chi connectivity index (χ1n) is 9.21. The third-order valence-corrected chi connectivity index (χ3v) is 4.58. The van der Waals surface area contributed by atoms with Crippen molar-refractivity contribution in [3.63, 3.8) is 0 Å². The molecule has 1 aliphatic rings. The number of benzene rings is 1. The second-order valence-corrected chi connectivity index (χ2v) is 6.83. The molecule has 142 valence electrons. The molecule has 0 bridgehead atoms. The van der Waals surface area contributed by atoms with E-state index in [1.165, 1.54) is 18.7 Å². The van der Waals surface area contributed by atoms with E-state index in [-0.39, 0.29) is 23.2 Å². The topological polar surface area (TPSA) is 87.2 Å². The Balaban J connectivity index is 1.75. The van der Waals surface area contributed by atoms with E-state index in [1.54, 1.807) is 0 Å². The van der Waals surface area contributed by atoms with Gasteiger partial charge in [0.25, 0.3) is 11.8 Å². The zero-order valence-corrected chi connectivity index (χ0v) is 15.7. The molecule has 3 rings (SSSR count). The van der Waals surface area contributed by atoms with Crippen molar-refractivity contribution in [1.82, 2.24) is 20.6 Å². The maximum atomic E-state index is 12.4. The summed E-state index contributed by atoms with van der Waals surface area (Å²) >= 11 is 0. The Bertz CT molecular complexity index is 805. The lowest BCUT2D eigenvalue weighted by Gasteiger charge is -2.18. The number of aromatic nitrogens is 2. The van der Waals surface area contributed by atoms with Crippen LogP contribution in [0.3, 0.4) is 0 Å². The Morgan fingerprint density at radius 3 is 2.41 bits per heavy atom. The molecule has 2 N–H and O–H groups in total. The van der Waals surface area contributed by atoms with Crippen molar-refractivity contribution in [2.75, 3.05) is 32.1 Å². The van der Waals surface area contributed by atoms with E-state index in [4.69, 9.17) is 0 Å². The van der Waals surface area contributed by atoms with Crippen LogP contribution in [0.1, 0.15) is 39.4 Å². The molecule has 7 nitrogen and oxygen atoms in total. The maximum absolute atomic E-state index is 12.4. The fourth-order valence-electron chi connectivity index (χ4n) is 2.66. The van der Waals surface area contributed by atoms with Gasteiger partial charge in [-0.1, -0.05) is 30.3 Å². The van der Waals surface area contributed by atoms with Gasteiger partial charge in [-0.3, -0.25) is 9.59 Å². The highest BCUT2D eigenvalue weighted by molar-refractivity contribution is 5.97. The summed E-state index contributed by atoms with van der Waals surface area (Å²) in [4.78, 5) is 35.1. The molecule has 0 unspecified atom stereocenters. The third-order valence-electron chi connectivity index (χ3n) is 4.58. The van der Waals surface area contributed by atoms with Crippen LogP contribution in [-0.2, 0) is 6.42 Å². The van der Waals surface area contributed by atoms with Crippen molar-refractivity contribution in [1.29, 1.82) is 0 Å². The second-order valence-electron chi connectivity index (χ2n) is 6.83. The lowest BCUT2D eigenvalue weighted by Crippen LogP contribution is -2.30. The minimum atomic E-state index is -0.341. The number of carbonyl (C=O) groups is 2. The molecule has 2 amide bonds. The fourth-order valence-corrected chi connectivity index (χ4v) is 2.66. The van der Waals surface area contributed by atoms with Crippen LogP contribution in [0.15, 0.2) is 36.4 Å². The van der Waals surface area contributed by atoms with Crippen LogP contribution in [-0.4, -0.2) is 49.0 Å². The quantitative estimate of drug-likeness (QED) is 0.741. The third kappa shape index (κ3) is 5.26. The molecule has 27 heavy (non-hydrogen) atoms. The molecule has 7 heteroatoms. The van der Waals surface area contributed by atoms with Crippen molar-refractivity contribution in [2.24, 2.45) is 5.92 Å². The van der Waals surface area contributed by atoms with Crippen LogP contribution in [0.2, 0.25) is 0 Å². The predicted molar refractivity (Wildman–Crippen MR) is 104 cm³/mol. The Labute approximate surface area is 159 Å². The van der Waals surface area contributed by atoms with Crippen LogP contribution in [0.4, 0.5) is 5.95 Å². The van der Waals surface area contributed by atoms with Gasteiger partial charge in [-0.15, -0.1) is 0 Å². The predicted octanol–water partition coefficient (Wildman–Crippen LogP) is 1.65. The number of carbonyl (C=O) groups excluding carboxylic acids is 2. The maximum Gasteiger partial charge on any atom is 0.270 e. The molecule has 1 heterocycles. The first-order valence-corrected chi connectivity index (χ1v) is 9.21. The summed E-state index contributed by atoms with van der Waals surface area (Å²) in [7, 11) is 3.40. The summed E-state index contributed by atoms with van der Waals surface area (Å²) in [6.45, 7) is 1.32. The highest BCUT2D eigenvalue weighted by Crippen LogP contribution is 2.27. The van der Waals surface area contributed by atoms with Crippen LogP contribution in [0.25, 0.3) is 0 Å². The summed E-state index contributed by atoms with van der Waals surface area (Å²) in [5.41, 5.74) is 1.60. The molecule has 0 saturated heterocycles. The first kappa shape index (κ1) is 18.8. The lowest BCUT2D eigenvalue weighted by atomic mass is 10.1. The van der Waals surface area contributed by atoms with E-state index in [1.807, 2.05) is 30.1 Å². The van der Waals surface area contributed by atoms with Crippen molar-refractivity contribution in [3.8, 4) is 0 Å². The number of rotatable bonds is 8. The molecule has 1 aromatic heterocycles. The monoisotopic (exact) mass is 367 g/mol. The second kappa shape index (κ2) is 8.62. The average Bonchev–Trinajstić information content (AvgIpc) is 3.54. The molecule has 0 aliphatic heterocycles. The highest BCUT2D eigenvalue weighted by atomic mass is 16.2. The van der Waals surface area contributed by atoms with Gasteiger partial charge in [0.05, 0.1) is 0 Å². The first-order chi connectivity index (χ1) is 13.1. The fraction of sp³-hybridized carbons (Fsp3) is 0.400. The standard InChI is InChI=1S/C20H25N5O2/c1-21-18(26)16-12-17(19(27)22-13-15-8-9-15)24-20(23-16)25(2)11-10-14-6-4-3-5-7-14/h3-7,12,15H,8-11,13H2,1-2H3,(H,21,26)(H,22,27). The zero-order valence-electron chi connectivity index (χ0n) is 15.7. The van der Waals surface area contributed by atoms with Gasteiger partial charge >= 0.3 is 0 Å². The number of likely N-dealkylation sites (N-methyl/N-ethyl adjacent to an activating group) is 1. The molecule has 2 aromatic rings. The van der Waals surface area contributed by atoms with Crippen LogP contribution < -0.4 is 15.5 Å². The van der Waals surface area contributed by atoms with E-state index in [9.17, 15) is 9.59 Å². The summed E-state index contributed by atoms with van der Waals surface area (Å²) < 4.78 is 0. The van der Waals surface area contributed by atoms with Crippen LogP contribution in [0, 0.1) is 5.92 Å². The Hall–Kier alpha value is -2.96. The van der Waals surface area contributed by atoms with E-state index in [0.717, 1.165) is 19.3 Å². The number of hydrogen-bond donors (Lipinski definition) is 2. The van der Waals surface area contributed by atoms with Crippen LogP contribution in [0.5, 0.6) is 0 Å². The average molecular weight is 367 g/mol. The summed E-state index contributed by atoms with van der Waals surface area (Å²) in [6.07, 6.45) is 3.12. The van der Waals surface area contributed by atoms with Gasteiger partial charge < -0.3 is 15.5 Å². The lowest BCUT2D eigenvalue weighted by molar-refractivity contribution is 0.0946. The van der Waals surface area contributed by atoms with E-state index < -0.39 is 0 Å². The van der Waals surface area contributed by atoms with Gasteiger partial charge in [-0.05, 0) is 30.7 Å². The number of amides is 2. The summed E-state index contributed by atoms with van der Waals surface area (Å²) in [6, 6.07) is 11.5. The minimum absolute atomic E-state index is 0.186. The smallest absolute Gasteiger partial charge is 0.270 e. The molecule has 1 aromatic carbocycles. The number of nitrogens with zero attached hydrogens (tertiary/aromatic N) is 3. The highest BCUT2D eigenvalue weighted by Gasteiger charge is 2.23. The Morgan fingerprint density at radius 1 is 1.11 bits per heavy atom. The molecule has 1 fully saturated rings. The van der Waals surface area contributed by atoms with Crippen molar-refractivity contribution < 1.29 is 9.59 Å². The van der Waals surface area contributed by atoms with Crippen molar-refractivity contribution >= 4 is 17.8 Å². The van der Waals surface area contributed by atoms with Crippen molar-refractivity contribution in [3.05, 3.63) is 53.3 Å². The molecule has 0 atom stereocenters. The zero-order chi connectivity index (χ0) is 19.2. The summed E-state index contributed by atoms with van der Waals surface area (Å²) in [5.74, 6) is 0.323. The van der Waals surface area contributed by atoms with E-state index in [2.05, 4.69) is 32.7 Å². The van der Waals surface area contributed by atoms with Crippen molar-refractivity contribution in [2.45, 2.75) is 19.3 Å². The molecular weight excluding hydrogens is 342 g/mol. The van der Waals surface area contributed by atoms with Gasteiger partial charge in [0.2, 0.25) is 5.95 Å². The Kier molecular flexibility index (Phi) is 6.01. The summed E-state index contributed by atoms with van der Waals surface area (Å²) in [5, 5.41) is 5.44. The number of anilines is 1. The number of nitrogens with one attached hydrogen (secondary N) is 2. The Morgan fingerprint density at radius 2 is 1.78 bits per heavy atom. The van der Waals surface area contributed by atoms with Gasteiger partial charge in [0.1, 0.15) is 11.4 Å². The molecule has 1 aliphatic carbocycles. The minimum Gasteiger partial charge on any atom is -0.354 e. The largest absolute Gasteiger partial charge is 0.354 e. The molecular formula is C20H25N5O2. The van der Waals surface area contributed by atoms with Gasteiger partial charge in [0.15, 0.2) is 0 Å². The van der Waals surface area contributed by atoms with Gasteiger partial charge in [-0.25, -0.2) is 9.97 Å². The SMILES string of the molecule is CNC(=O)c1cc(C(=O)NCC2CC2)nc(N(C)CCc2ccccc2)n1. The van der Waals surface area contributed by atoms with E-state index in [0.29, 0.717) is 25.0 Å². The molecule has 0 spiro atoms. The van der Waals surface area contributed by atoms with Crippen LogP contribution >= 0.6 is 0 Å². The molecule has 0 radical (unpaired) electrons. The molecule has 1 saturated carbocycles. The van der Waals surface area contributed by atoms with Gasteiger partial charge in [-0.2, -0.15) is 0 Å². The van der Waals surface area contributed by atoms with Gasteiger partial charge in [0, 0.05) is 33.3 Å².